The third-order valence-corrected chi connectivity index (χ3v) is 6.84. The molecule has 1 saturated carbocycles. The Hall–Kier alpha value is -3.62. The molecule has 1 aliphatic heterocycles. The molecule has 0 bridgehead atoms. The van der Waals surface area contributed by atoms with Gasteiger partial charge in [-0.25, -0.2) is 9.59 Å². The lowest BCUT2D eigenvalue weighted by Crippen LogP contribution is -2.52. The fourth-order valence-corrected chi connectivity index (χ4v) is 4.70. The summed E-state index contributed by atoms with van der Waals surface area (Å²) >= 11 is 0. The van der Waals surface area contributed by atoms with E-state index in [-0.39, 0.29) is 0 Å². The quantitative estimate of drug-likeness (QED) is 0.503. The second-order valence-corrected chi connectivity index (χ2v) is 9.30. The van der Waals surface area contributed by atoms with E-state index in [9.17, 15) is 19.2 Å². The summed E-state index contributed by atoms with van der Waals surface area (Å²) in [5.74, 6) is -1.37. The predicted molar refractivity (Wildman–Crippen MR) is 124 cm³/mol. The molecule has 1 aliphatic carbocycles. The molecule has 2 aliphatic rings. The lowest BCUT2D eigenvalue weighted by atomic mass is 9.77. The Morgan fingerprint density at radius 2 is 1.82 bits per heavy atom. The van der Waals surface area contributed by atoms with Crippen LogP contribution in [0.15, 0.2) is 36.4 Å². The van der Waals surface area contributed by atoms with Crippen molar-refractivity contribution in [1.29, 1.82) is 0 Å². The number of nitrogens with one attached hydrogen (secondary N) is 2. The Morgan fingerprint density at radius 1 is 1.15 bits per heavy atom. The number of urea groups is 1. The standard InChI is InChI=1S/C25H30N4O5/c1-16-9-11-25(12-10-16)23(32)29(24(33)26-25)27-21(30)15-34-22(31)20-13-17(2)28(18(20)3)14-19-7-5-4-6-8-19/h4-8,13,16H,9-12,14-15H2,1-3H3,(H,26,33)(H,27,30). The number of esters is 1. The maximum Gasteiger partial charge on any atom is 0.344 e. The summed E-state index contributed by atoms with van der Waals surface area (Å²) in [5, 5.41) is 3.44. The molecule has 180 valence electrons. The molecule has 2 aromatic rings. The first-order chi connectivity index (χ1) is 16.2. The summed E-state index contributed by atoms with van der Waals surface area (Å²) < 4.78 is 7.19. The first-order valence-electron chi connectivity index (χ1n) is 11.5. The fourth-order valence-electron chi connectivity index (χ4n) is 4.70. The lowest BCUT2D eigenvalue weighted by molar-refractivity contribution is -0.141. The van der Waals surface area contributed by atoms with Crippen LogP contribution in [-0.2, 0) is 20.9 Å². The summed E-state index contributed by atoms with van der Waals surface area (Å²) in [6.45, 7) is 5.84. The zero-order valence-corrected chi connectivity index (χ0v) is 19.7. The third kappa shape index (κ3) is 4.55. The van der Waals surface area contributed by atoms with Gasteiger partial charge >= 0.3 is 12.0 Å². The van der Waals surface area contributed by atoms with Gasteiger partial charge in [-0.1, -0.05) is 37.3 Å². The summed E-state index contributed by atoms with van der Waals surface area (Å²) in [4.78, 5) is 50.2. The number of rotatable bonds is 6. The molecule has 2 fully saturated rings. The molecule has 2 N–H and O–H groups in total. The van der Waals surface area contributed by atoms with Gasteiger partial charge in [0.1, 0.15) is 5.54 Å². The number of imide groups is 1. The van der Waals surface area contributed by atoms with Crippen molar-refractivity contribution in [1.82, 2.24) is 20.3 Å². The highest BCUT2D eigenvalue weighted by Gasteiger charge is 2.52. The average Bonchev–Trinajstić information content (AvgIpc) is 3.23. The Bertz CT molecular complexity index is 1120. The molecule has 1 aromatic heterocycles. The van der Waals surface area contributed by atoms with Gasteiger partial charge in [0.05, 0.1) is 5.56 Å². The maximum absolute atomic E-state index is 12.8. The molecule has 9 heteroatoms. The van der Waals surface area contributed by atoms with Gasteiger partial charge in [-0.2, -0.15) is 5.01 Å². The lowest BCUT2D eigenvalue weighted by Gasteiger charge is -2.33. The van der Waals surface area contributed by atoms with Crippen LogP contribution >= 0.6 is 0 Å². The smallest absolute Gasteiger partial charge is 0.344 e. The first-order valence-corrected chi connectivity index (χ1v) is 11.5. The fraction of sp³-hybridized carbons (Fsp3) is 0.440. The summed E-state index contributed by atoms with van der Waals surface area (Å²) in [6.07, 6.45) is 2.74. The van der Waals surface area contributed by atoms with Crippen molar-refractivity contribution in [3.8, 4) is 0 Å². The molecule has 0 atom stereocenters. The maximum atomic E-state index is 12.8. The van der Waals surface area contributed by atoms with E-state index in [1.54, 1.807) is 6.07 Å². The SMILES string of the molecule is Cc1cc(C(=O)OCC(=O)NN2C(=O)NC3(CCC(C)CC3)C2=O)c(C)n1Cc1ccccc1. The number of carbonyl (C=O) groups is 4. The van der Waals surface area contributed by atoms with Gasteiger partial charge in [-0.15, -0.1) is 0 Å². The van der Waals surface area contributed by atoms with Crippen LogP contribution in [0.5, 0.6) is 0 Å². The van der Waals surface area contributed by atoms with Gasteiger partial charge in [0.25, 0.3) is 11.8 Å². The number of ether oxygens (including phenoxy) is 1. The molecular weight excluding hydrogens is 436 g/mol. The largest absolute Gasteiger partial charge is 0.452 e. The highest BCUT2D eigenvalue weighted by molar-refractivity contribution is 6.08. The monoisotopic (exact) mass is 466 g/mol. The van der Waals surface area contributed by atoms with Crippen molar-refractivity contribution in [3.05, 3.63) is 58.9 Å². The Kier molecular flexibility index (Phi) is 6.45. The van der Waals surface area contributed by atoms with Gasteiger partial charge in [-0.3, -0.25) is 15.0 Å². The number of nitrogens with zero attached hydrogens (tertiary/aromatic N) is 2. The van der Waals surface area contributed by atoms with Crippen molar-refractivity contribution < 1.29 is 23.9 Å². The van der Waals surface area contributed by atoms with Gasteiger partial charge in [0.15, 0.2) is 6.61 Å². The molecule has 9 nitrogen and oxygen atoms in total. The normalized spacial score (nSPS) is 22.1. The summed E-state index contributed by atoms with van der Waals surface area (Å²) in [6, 6.07) is 10.9. The minimum atomic E-state index is -0.955. The van der Waals surface area contributed by atoms with Crippen LogP contribution in [0.4, 0.5) is 4.79 Å². The zero-order valence-electron chi connectivity index (χ0n) is 19.7. The molecule has 1 aromatic carbocycles. The van der Waals surface area contributed by atoms with E-state index in [0.717, 1.165) is 29.8 Å². The van der Waals surface area contributed by atoms with Crippen LogP contribution in [0, 0.1) is 19.8 Å². The molecule has 4 amide bonds. The van der Waals surface area contributed by atoms with Crippen molar-refractivity contribution in [2.24, 2.45) is 5.92 Å². The van der Waals surface area contributed by atoms with E-state index in [2.05, 4.69) is 17.7 Å². The minimum Gasteiger partial charge on any atom is -0.452 e. The minimum absolute atomic E-state index is 0.367. The molecule has 0 radical (unpaired) electrons. The zero-order chi connectivity index (χ0) is 24.5. The van der Waals surface area contributed by atoms with Crippen molar-refractivity contribution in [2.45, 2.75) is 58.5 Å². The predicted octanol–water partition coefficient (Wildman–Crippen LogP) is 2.84. The highest BCUT2D eigenvalue weighted by atomic mass is 16.5. The number of aromatic nitrogens is 1. The average molecular weight is 467 g/mol. The number of benzene rings is 1. The molecule has 0 unspecified atom stereocenters. The number of hydrazine groups is 1. The van der Waals surface area contributed by atoms with Crippen molar-refractivity contribution in [2.75, 3.05) is 6.61 Å². The van der Waals surface area contributed by atoms with Crippen LogP contribution in [0.25, 0.3) is 0 Å². The topological polar surface area (TPSA) is 110 Å². The number of hydrogen-bond acceptors (Lipinski definition) is 5. The third-order valence-electron chi connectivity index (χ3n) is 6.84. The summed E-state index contributed by atoms with van der Waals surface area (Å²) in [5.41, 5.74) is 4.42. The van der Waals surface area contributed by atoms with Gasteiger partial charge in [0, 0.05) is 17.9 Å². The number of aryl methyl sites for hydroxylation is 1. The van der Waals surface area contributed by atoms with E-state index < -0.39 is 36.0 Å². The van der Waals surface area contributed by atoms with Crippen LogP contribution in [-0.4, -0.2) is 45.5 Å². The molecule has 2 heterocycles. The highest BCUT2D eigenvalue weighted by Crippen LogP contribution is 2.35. The van der Waals surface area contributed by atoms with Crippen molar-refractivity contribution >= 4 is 23.8 Å². The van der Waals surface area contributed by atoms with Crippen LogP contribution < -0.4 is 10.7 Å². The Labute approximate surface area is 198 Å². The summed E-state index contributed by atoms with van der Waals surface area (Å²) in [7, 11) is 0. The van der Waals surface area contributed by atoms with E-state index in [0.29, 0.717) is 35.9 Å². The number of carbonyl (C=O) groups excluding carboxylic acids is 4. The number of hydrogen-bond donors (Lipinski definition) is 2. The Morgan fingerprint density at radius 3 is 2.50 bits per heavy atom. The van der Waals surface area contributed by atoms with Crippen molar-refractivity contribution in [3.63, 3.8) is 0 Å². The van der Waals surface area contributed by atoms with Gasteiger partial charge in [-0.05, 0) is 57.1 Å². The molecular formula is C25H30N4O5. The van der Waals surface area contributed by atoms with E-state index in [4.69, 9.17) is 4.74 Å². The van der Waals surface area contributed by atoms with Crippen LogP contribution in [0.1, 0.15) is 59.9 Å². The molecule has 1 saturated heterocycles. The molecule has 4 rings (SSSR count). The Balaban J connectivity index is 1.35. The van der Waals surface area contributed by atoms with Crippen LogP contribution in [0.2, 0.25) is 0 Å². The van der Waals surface area contributed by atoms with E-state index >= 15 is 0 Å². The number of amides is 4. The van der Waals surface area contributed by atoms with Crippen LogP contribution in [0.3, 0.4) is 0 Å². The second-order valence-electron chi connectivity index (χ2n) is 9.30. The van der Waals surface area contributed by atoms with Gasteiger partial charge < -0.3 is 14.6 Å². The first kappa shape index (κ1) is 23.5. The van der Waals surface area contributed by atoms with E-state index in [1.165, 1.54) is 0 Å². The second kappa shape index (κ2) is 9.32. The molecule has 34 heavy (non-hydrogen) atoms. The van der Waals surface area contributed by atoms with E-state index in [1.807, 2.05) is 48.7 Å². The molecule has 1 spiro atoms. The van der Waals surface area contributed by atoms with Gasteiger partial charge in [0.2, 0.25) is 0 Å².